The highest BCUT2D eigenvalue weighted by Gasteiger charge is 2.32. The van der Waals surface area contributed by atoms with E-state index in [1.165, 1.54) is 4.90 Å². The van der Waals surface area contributed by atoms with Gasteiger partial charge < -0.3 is 10.2 Å². The lowest BCUT2D eigenvalue weighted by atomic mass is 10.1. The highest BCUT2D eigenvalue weighted by Crippen LogP contribution is 2.27. The van der Waals surface area contributed by atoms with Crippen molar-refractivity contribution in [3.05, 3.63) is 94.5 Å². The second kappa shape index (κ2) is 12.5. The van der Waals surface area contributed by atoms with Gasteiger partial charge in [-0.25, -0.2) is 8.42 Å². The number of carbonyl (C=O) groups is 2. The Labute approximate surface area is 232 Å². The molecule has 3 aromatic carbocycles. The summed E-state index contributed by atoms with van der Waals surface area (Å²) in [5.74, 6) is -0.777. The van der Waals surface area contributed by atoms with Crippen LogP contribution in [0.4, 0.5) is 5.69 Å². The summed E-state index contributed by atoms with van der Waals surface area (Å²) in [7, 11) is -4.09. The van der Waals surface area contributed by atoms with Crippen LogP contribution in [0.2, 0.25) is 0 Å². The number of rotatable bonds is 10. The number of aryl methyl sites for hydroxylation is 4. The first kappa shape index (κ1) is 29.9. The van der Waals surface area contributed by atoms with Gasteiger partial charge in [0.25, 0.3) is 10.0 Å². The molecule has 0 aliphatic rings. The first-order valence-corrected chi connectivity index (χ1v) is 14.6. The maximum Gasteiger partial charge on any atom is 0.264 e. The molecule has 1 N–H and O–H groups in total. The molecular formula is C31H39N3O4S. The molecule has 0 aromatic heterocycles. The van der Waals surface area contributed by atoms with E-state index in [4.69, 9.17) is 0 Å². The van der Waals surface area contributed by atoms with Gasteiger partial charge in [-0.3, -0.25) is 13.9 Å². The quantitative estimate of drug-likeness (QED) is 0.383. The lowest BCUT2D eigenvalue weighted by Gasteiger charge is -2.32. The zero-order valence-electron chi connectivity index (χ0n) is 23.9. The number of nitrogens with zero attached hydrogens (tertiary/aromatic N) is 2. The SMILES string of the molecule is Cc1ccc(CN(C(=O)CN(c2ccc(C)c(C)c2)S(=O)(=O)c2ccc(C)cc2)[C@@H](C)C(=O)NC(C)C)cc1. The minimum absolute atomic E-state index is 0.0924. The fraction of sp³-hybridized carbons (Fsp3) is 0.355. The van der Waals surface area contributed by atoms with Gasteiger partial charge in [0.2, 0.25) is 11.8 Å². The molecule has 7 nitrogen and oxygen atoms in total. The van der Waals surface area contributed by atoms with Gasteiger partial charge in [-0.1, -0.05) is 53.6 Å². The molecule has 0 fully saturated rings. The summed E-state index contributed by atoms with van der Waals surface area (Å²) in [5, 5.41) is 2.87. The summed E-state index contributed by atoms with van der Waals surface area (Å²) in [6.07, 6.45) is 0. The summed E-state index contributed by atoms with van der Waals surface area (Å²) in [4.78, 5) is 28.5. The molecule has 0 heterocycles. The average Bonchev–Trinajstić information content (AvgIpc) is 2.88. The van der Waals surface area contributed by atoms with Gasteiger partial charge in [-0.2, -0.15) is 0 Å². The number of nitrogens with one attached hydrogen (secondary N) is 1. The van der Waals surface area contributed by atoms with Crippen molar-refractivity contribution in [2.24, 2.45) is 0 Å². The standard InChI is InChI=1S/C31H39N3O4S/c1-21(2)32-31(36)26(7)33(19-27-13-8-22(3)9-14-27)30(35)20-34(28-15-12-24(5)25(6)18-28)39(37,38)29-16-10-23(4)11-17-29/h8-18,21,26H,19-20H2,1-7H3,(H,32,36)/t26-/m0/s1. The van der Waals surface area contributed by atoms with Crippen molar-refractivity contribution < 1.29 is 18.0 Å². The molecule has 2 amide bonds. The summed E-state index contributed by atoms with van der Waals surface area (Å²) < 4.78 is 29.0. The molecule has 1 atom stereocenters. The first-order chi connectivity index (χ1) is 18.3. The van der Waals surface area contributed by atoms with E-state index < -0.39 is 28.5 Å². The molecule has 0 saturated heterocycles. The van der Waals surface area contributed by atoms with Crippen molar-refractivity contribution in [3.63, 3.8) is 0 Å². The highest BCUT2D eigenvalue weighted by molar-refractivity contribution is 7.92. The third-order valence-corrected chi connectivity index (χ3v) is 8.53. The lowest BCUT2D eigenvalue weighted by molar-refractivity contribution is -0.139. The minimum atomic E-state index is -4.09. The van der Waals surface area contributed by atoms with Gasteiger partial charge in [0.15, 0.2) is 0 Å². The Morgan fingerprint density at radius 2 is 1.36 bits per heavy atom. The molecule has 39 heavy (non-hydrogen) atoms. The van der Waals surface area contributed by atoms with Crippen molar-refractivity contribution in [3.8, 4) is 0 Å². The average molecular weight is 550 g/mol. The molecule has 0 radical (unpaired) electrons. The van der Waals surface area contributed by atoms with E-state index in [1.807, 2.05) is 71.9 Å². The van der Waals surface area contributed by atoms with Crippen molar-refractivity contribution in [2.75, 3.05) is 10.8 Å². The van der Waals surface area contributed by atoms with Gasteiger partial charge in [0.05, 0.1) is 10.6 Å². The van der Waals surface area contributed by atoms with Gasteiger partial charge >= 0.3 is 0 Å². The van der Waals surface area contributed by atoms with Crippen LogP contribution in [-0.2, 0) is 26.2 Å². The van der Waals surface area contributed by atoms with Crippen LogP contribution in [0, 0.1) is 27.7 Å². The summed E-state index contributed by atoms with van der Waals surface area (Å²) in [5.41, 5.74) is 5.16. The van der Waals surface area contributed by atoms with E-state index in [0.717, 1.165) is 32.1 Å². The van der Waals surface area contributed by atoms with Gasteiger partial charge in [0.1, 0.15) is 12.6 Å². The Morgan fingerprint density at radius 1 is 0.795 bits per heavy atom. The van der Waals surface area contributed by atoms with E-state index in [1.54, 1.807) is 43.3 Å². The fourth-order valence-electron chi connectivity index (χ4n) is 4.12. The van der Waals surface area contributed by atoms with E-state index in [9.17, 15) is 18.0 Å². The number of hydrogen-bond acceptors (Lipinski definition) is 4. The van der Waals surface area contributed by atoms with Crippen LogP contribution >= 0.6 is 0 Å². The maximum absolute atomic E-state index is 14.0. The molecule has 0 unspecified atom stereocenters. The summed E-state index contributed by atoms with van der Waals surface area (Å²) in [6.45, 7) is 12.8. The molecule has 0 aliphatic heterocycles. The van der Waals surface area contributed by atoms with E-state index in [-0.39, 0.29) is 23.4 Å². The smallest absolute Gasteiger partial charge is 0.264 e. The third kappa shape index (κ3) is 7.47. The molecule has 208 valence electrons. The normalized spacial score (nSPS) is 12.2. The molecule has 3 aromatic rings. The van der Waals surface area contributed by atoms with Crippen molar-refractivity contribution in [2.45, 2.75) is 72.0 Å². The predicted molar refractivity (Wildman–Crippen MR) is 156 cm³/mol. The largest absolute Gasteiger partial charge is 0.352 e. The van der Waals surface area contributed by atoms with Crippen LogP contribution in [0.3, 0.4) is 0 Å². The third-order valence-electron chi connectivity index (χ3n) is 6.74. The van der Waals surface area contributed by atoms with Crippen molar-refractivity contribution in [1.29, 1.82) is 0 Å². The Hall–Kier alpha value is -3.65. The molecule has 0 saturated carbocycles. The minimum Gasteiger partial charge on any atom is -0.352 e. The zero-order chi connectivity index (χ0) is 28.9. The second-order valence-electron chi connectivity index (χ2n) is 10.4. The van der Waals surface area contributed by atoms with Gasteiger partial charge in [-0.05, 0) is 89.4 Å². The number of benzene rings is 3. The number of amides is 2. The second-order valence-corrected chi connectivity index (χ2v) is 12.3. The van der Waals surface area contributed by atoms with Gasteiger partial charge in [-0.15, -0.1) is 0 Å². The molecule has 3 rings (SSSR count). The van der Waals surface area contributed by atoms with Crippen molar-refractivity contribution >= 4 is 27.5 Å². The Bertz CT molecular complexity index is 1420. The fourth-order valence-corrected chi connectivity index (χ4v) is 5.53. The number of sulfonamides is 1. The predicted octanol–water partition coefficient (Wildman–Crippen LogP) is 5.06. The van der Waals surface area contributed by atoms with Crippen LogP contribution in [0.25, 0.3) is 0 Å². The number of carbonyl (C=O) groups excluding carboxylic acids is 2. The Morgan fingerprint density at radius 3 is 1.90 bits per heavy atom. The van der Waals surface area contributed by atoms with E-state index in [0.29, 0.717) is 5.69 Å². The lowest BCUT2D eigenvalue weighted by Crippen LogP contribution is -2.52. The highest BCUT2D eigenvalue weighted by atomic mass is 32.2. The van der Waals surface area contributed by atoms with E-state index in [2.05, 4.69) is 5.32 Å². The molecule has 0 bridgehead atoms. The van der Waals surface area contributed by atoms with Crippen LogP contribution in [0.5, 0.6) is 0 Å². The monoisotopic (exact) mass is 549 g/mol. The van der Waals surface area contributed by atoms with Crippen molar-refractivity contribution in [1.82, 2.24) is 10.2 Å². The molecular weight excluding hydrogens is 510 g/mol. The first-order valence-electron chi connectivity index (χ1n) is 13.1. The van der Waals surface area contributed by atoms with Gasteiger partial charge in [0, 0.05) is 12.6 Å². The molecule has 0 spiro atoms. The Kier molecular flexibility index (Phi) is 9.56. The maximum atomic E-state index is 14.0. The van der Waals surface area contributed by atoms with Crippen LogP contribution < -0.4 is 9.62 Å². The Balaban J connectivity index is 2.05. The van der Waals surface area contributed by atoms with E-state index >= 15 is 0 Å². The number of hydrogen-bond donors (Lipinski definition) is 1. The zero-order valence-corrected chi connectivity index (χ0v) is 24.7. The molecule has 0 aliphatic carbocycles. The molecule has 8 heteroatoms. The summed E-state index contributed by atoms with van der Waals surface area (Å²) >= 11 is 0. The summed E-state index contributed by atoms with van der Waals surface area (Å²) in [6, 6.07) is 18.7. The van der Waals surface area contributed by atoms with Crippen LogP contribution in [0.1, 0.15) is 48.6 Å². The van der Waals surface area contributed by atoms with Crippen LogP contribution in [0.15, 0.2) is 71.6 Å². The van der Waals surface area contributed by atoms with Crippen LogP contribution in [-0.4, -0.2) is 43.8 Å². The number of anilines is 1. The topological polar surface area (TPSA) is 86.8 Å².